The van der Waals surface area contributed by atoms with Crippen molar-refractivity contribution in [2.24, 2.45) is 5.84 Å². The number of nitrogens with one attached hydrogen (secondary N) is 2. The van der Waals surface area contributed by atoms with Crippen LogP contribution in [-0.2, 0) is 16.8 Å². The maximum atomic E-state index is 13.5. The fourth-order valence-electron chi connectivity index (χ4n) is 5.25. The van der Waals surface area contributed by atoms with Crippen LogP contribution in [0.4, 0.5) is 5.69 Å². The summed E-state index contributed by atoms with van der Waals surface area (Å²) in [7, 11) is 0. The minimum Gasteiger partial charge on any atom is -0.338 e. The summed E-state index contributed by atoms with van der Waals surface area (Å²) in [5, 5.41) is 2.95. The van der Waals surface area contributed by atoms with Gasteiger partial charge < -0.3 is 5.32 Å². The van der Waals surface area contributed by atoms with E-state index in [1.165, 1.54) is 11.6 Å². The number of nitrogens with two attached hydrogens (primary N) is 1. The molecule has 0 aromatic heterocycles. The van der Waals surface area contributed by atoms with Crippen LogP contribution in [0.3, 0.4) is 0 Å². The Morgan fingerprint density at radius 3 is 2.24 bits per heavy atom. The lowest BCUT2D eigenvalue weighted by Gasteiger charge is -2.59. The highest BCUT2D eigenvalue weighted by atomic mass is 16.2. The van der Waals surface area contributed by atoms with Crippen molar-refractivity contribution < 1.29 is 14.4 Å². The molecule has 3 amide bonds. The van der Waals surface area contributed by atoms with E-state index in [2.05, 4.69) is 16.8 Å². The van der Waals surface area contributed by atoms with Gasteiger partial charge in [0.05, 0.1) is 11.1 Å². The van der Waals surface area contributed by atoms with Crippen molar-refractivity contribution in [3.63, 3.8) is 0 Å². The van der Waals surface area contributed by atoms with Crippen LogP contribution in [0.5, 0.6) is 0 Å². The largest absolute Gasteiger partial charge is 0.338 e. The molecular formula is C26H24N4O3. The minimum atomic E-state index is -0.749. The summed E-state index contributed by atoms with van der Waals surface area (Å²) in [4.78, 5) is 40.8. The number of hydrogen-bond acceptors (Lipinski definition) is 4. The molecule has 2 unspecified atom stereocenters. The molecular weight excluding hydrogens is 416 g/mol. The van der Waals surface area contributed by atoms with Gasteiger partial charge in [0.15, 0.2) is 0 Å². The van der Waals surface area contributed by atoms with Gasteiger partial charge in [-0.3, -0.25) is 24.7 Å². The van der Waals surface area contributed by atoms with Crippen molar-refractivity contribution in [3.8, 4) is 0 Å². The Morgan fingerprint density at radius 1 is 0.879 bits per heavy atom. The lowest BCUT2D eigenvalue weighted by atomic mass is 9.65. The fourth-order valence-corrected chi connectivity index (χ4v) is 5.25. The van der Waals surface area contributed by atoms with Crippen molar-refractivity contribution in [1.29, 1.82) is 0 Å². The van der Waals surface area contributed by atoms with Gasteiger partial charge in [0, 0.05) is 5.69 Å². The van der Waals surface area contributed by atoms with Crippen LogP contribution in [0.25, 0.3) is 0 Å². The topological polar surface area (TPSA) is 105 Å². The Bertz CT molecular complexity index is 1240. The lowest BCUT2D eigenvalue weighted by molar-refractivity contribution is -0.132. The van der Waals surface area contributed by atoms with E-state index in [-0.39, 0.29) is 17.0 Å². The molecule has 3 aromatic carbocycles. The first kappa shape index (κ1) is 20.9. The average Bonchev–Trinajstić information content (AvgIpc) is 2.87. The Labute approximate surface area is 191 Å². The van der Waals surface area contributed by atoms with E-state index in [1.807, 2.05) is 53.4 Å². The Morgan fingerprint density at radius 2 is 1.52 bits per heavy atom. The Hall–Kier alpha value is -3.97. The van der Waals surface area contributed by atoms with Crippen molar-refractivity contribution in [2.75, 3.05) is 4.90 Å². The van der Waals surface area contributed by atoms with Crippen molar-refractivity contribution in [2.45, 2.75) is 30.8 Å². The van der Waals surface area contributed by atoms with Crippen LogP contribution in [-0.4, -0.2) is 23.8 Å². The standard InChI is InChI=1S/C26H24N4O3/c27-29-24(32)20-14-6-5-13-19(20)23(31)28-22-25(33)30(18-11-2-1-3-12-18)26(22)16-8-10-17-9-4-7-15-21(17)26/h1-7,9,11-15,22H,8,10,16,27H2,(H,28,31)(H,29,32). The van der Waals surface area contributed by atoms with Crippen molar-refractivity contribution >= 4 is 23.4 Å². The number of nitrogens with zero attached hydrogens (tertiary/aromatic N) is 1. The molecule has 2 aliphatic rings. The van der Waals surface area contributed by atoms with Gasteiger partial charge in [-0.15, -0.1) is 0 Å². The number of aryl methyl sites for hydroxylation is 1. The average molecular weight is 441 g/mol. The van der Waals surface area contributed by atoms with Gasteiger partial charge in [0.25, 0.3) is 17.7 Å². The maximum Gasteiger partial charge on any atom is 0.265 e. The predicted octanol–water partition coefficient (Wildman–Crippen LogP) is 2.67. The molecule has 1 fully saturated rings. The summed E-state index contributed by atoms with van der Waals surface area (Å²) in [5.74, 6) is 4.07. The summed E-state index contributed by atoms with van der Waals surface area (Å²) < 4.78 is 0. The van der Waals surface area contributed by atoms with Gasteiger partial charge in [-0.2, -0.15) is 0 Å². The SMILES string of the molecule is NNC(=O)c1ccccc1C(=O)NC1C(=O)N(c2ccccc2)C12CCCc1ccccc12. The molecule has 1 spiro atoms. The number of nitrogen functional groups attached to an aromatic ring is 1. The number of benzene rings is 3. The molecule has 4 N–H and O–H groups in total. The number of carbonyl (C=O) groups excluding carboxylic acids is 3. The molecule has 7 heteroatoms. The Kier molecular flexibility index (Phi) is 5.18. The highest BCUT2D eigenvalue weighted by Crippen LogP contribution is 2.51. The first-order valence-corrected chi connectivity index (χ1v) is 11.0. The second-order valence-corrected chi connectivity index (χ2v) is 8.37. The summed E-state index contributed by atoms with van der Waals surface area (Å²) in [6.07, 6.45) is 2.54. The van der Waals surface area contributed by atoms with E-state index in [4.69, 9.17) is 5.84 Å². The van der Waals surface area contributed by atoms with Gasteiger partial charge in [-0.1, -0.05) is 54.6 Å². The van der Waals surface area contributed by atoms with Crippen LogP contribution in [0.1, 0.15) is 44.7 Å². The monoisotopic (exact) mass is 440 g/mol. The van der Waals surface area contributed by atoms with E-state index in [0.29, 0.717) is 0 Å². The quantitative estimate of drug-likeness (QED) is 0.251. The molecule has 7 nitrogen and oxygen atoms in total. The van der Waals surface area contributed by atoms with E-state index < -0.39 is 23.4 Å². The first-order valence-electron chi connectivity index (χ1n) is 11.0. The molecule has 166 valence electrons. The van der Waals surface area contributed by atoms with E-state index in [9.17, 15) is 14.4 Å². The second kappa shape index (κ2) is 8.18. The summed E-state index contributed by atoms with van der Waals surface area (Å²) in [5.41, 5.74) is 4.74. The number of carbonyl (C=O) groups is 3. The summed E-state index contributed by atoms with van der Waals surface area (Å²) >= 11 is 0. The van der Waals surface area contributed by atoms with Gasteiger partial charge >= 0.3 is 0 Å². The molecule has 2 atom stereocenters. The summed E-state index contributed by atoms with van der Waals surface area (Å²) in [6.45, 7) is 0. The van der Waals surface area contributed by atoms with E-state index in [1.54, 1.807) is 18.2 Å². The highest BCUT2D eigenvalue weighted by Gasteiger charge is 2.63. The van der Waals surface area contributed by atoms with Crippen LogP contribution < -0.4 is 21.5 Å². The van der Waals surface area contributed by atoms with Crippen LogP contribution >= 0.6 is 0 Å². The van der Waals surface area contributed by atoms with Gasteiger partial charge in [-0.05, 0) is 54.7 Å². The minimum absolute atomic E-state index is 0.155. The van der Waals surface area contributed by atoms with E-state index in [0.717, 1.165) is 30.5 Å². The zero-order valence-electron chi connectivity index (χ0n) is 18.0. The molecule has 1 aliphatic carbocycles. The van der Waals surface area contributed by atoms with Gasteiger partial charge in [0.2, 0.25) is 0 Å². The molecule has 3 aromatic rings. The highest BCUT2D eigenvalue weighted by molar-refractivity contribution is 6.13. The summed E-state index contributed by atoms with van der Waals surface area (Å²) in [6, 6.07) is 23.3. The third-order valence-corrected chi connectivity index (χ3v) is 6.67. The number of para-hydroxylation sites is 1. The first-order chi connectivity index (χ1) is 16.1. The molecule has 0 bridgehead atoms. The van der Waals surface area contributed by atoms with E-state index >= 15 is 0 Å². The third kappa shape index (κ3) is 3.20. The number of fused-ring (bicyclic) bond motifs is 2. The molecule has 0 saturated carbocycles. The van der Waals surface area contributed by atoms with Crippen LogP contribution in [0.2, 0.25) is 0 Å². The number of rotatable bonds is 4. The maximum absolute atomic E-state index is 13.5. The number of hydrazine groups is 1. The molecule has 5 rings (SSSR count). The normalized spacial score (nSPS) is 21.2. The Balaban J connectivity index is 1.57. The molecule has 1 heterocycles. The van der Waals surface area contributed by atoms with Gasteiger partial charge in [-0.25, -0.2) is 5.84 Å². The second-order valence-electron chi connectivity index (χ2n) is 8.37. The van der Waals surface area contributed by atoms with Crippen LogP contribution in [0, 0.1) is 0 Å². The molecule has 0 radical (unpaired) electrons. The zero-order valence-corrected chi connectivity index (χ0v) is 18.0. The fraction of sp³-hybridized carbons (Fsp3) is 0.192. The number of amides is 3. The van der Waals surface area contributed by atoms with Crippen LogP contribution in [0.15, 0.2) is 78.9 Å². The molecule has 1 saturated heterocycles. The third-order valence-electron chi connectivity index (χ3n) is 6.67. The molecule has 1 aliphatic heterocycles. The molecule has 33 heavy (non-hydrogen) atoms. The van der Waals surface area contributed by atoms with Crippen molar-refractivity contribution in [1.82, 2.24) is 10.7 Å². The smallest absolute Gasteiger partial charge is 0.265 e. The number of anilines is 1. The van der Waals surface area contributed by atoms with Crippen molar-refractivity contribution in [3.05, 3.63) is 101 Å². The van der Waals surface area contributed by atoms with Gasteiger partial charge in [0.1, 0.15) is 11.6 Å². The predicted molar refractivity (Wildman–Crippen MR) is 124 cm³/mol. The zero-order chi connectivity index (χ0) is 23.0. The lowest BCUT2D eigenvalue weighted by Crippen LogP contribution is -2.78. The number of hydrogen-bond donors (Lipinski definition) is 3. The number of β-lactam (4-membered cyclic amide) rings is 1.